The van der Waals surface area contributed by atoms with E-state index in [0.717, 1.165) is 10.0 Å². The van der Waals surface area contributed by atoms with Crippen LogP contribution in [-0.4, -0.2) is 24.0 Å². The van der Waals surface area contributed by atoms with Crippen molar-refractivity contribution in [2.24, 2.45) is 0 Å². The van der Waals surface area contributed by atoms with Gasteiger partial charge in [0.25, 0.3) is 0 Å². The van der Waals surface area contributed by atoms with Crippen molar-refractivity contribution in [3.05, 3.63) is 28.2 Å². The Hall–Kier alpha value is -1.56. The molecule has 1 aromatic carbocycles. The molecular weight excluding hydrogens is 322 g/mol. The van der Waals surface area contributed by atoms with Crippen LogP contribution < -0.4 is 16.0 Å². The molecule has 1 aromatic rings. The van der Waals surface area contributed by atoms with E-state index in [1.54, 1.807) is 6.07 Å². The van der Waals surface area contributed by atoms with Gasteiger partial charge in [-0.1, -0.05) is 22.0 Å². The van der Waals surface area contributed by atoms with Gasteiger partial charge in [-0.3, -0.25) is 4.79 Å². The highest BCUT2D eigenvalue weighted by molar-refractivity contribution is 9.10. The Labute approximate surface area is 127 Å². The van der Waals surface area contributed by atoms with E-state index in [9.17, 15) is 9.59 Å². The predicted octanol–water partition coefficient (Wildman–Crippen LogP) is 2.79. The third-order valence-electron chi connectivity index (χ3n) is 2.35. The molecule has 6 heteroatoms. The summed E-state index contributed by atoms with van der Waals surface area (Å²) in [4.78, 5) is 23.2. The molecule has 0 aliphatic heterocycles. The summed E-state index contributed by atoms with van der Waals surface area (Å²) < 4.78 is 0.917. The van der Waals surface area contributed by atoms with Gasteiger partial charge in [0.2, 0.25) is 5.91 Å². The van der Waals surface area contributed by atoms with Crippen molar-refractivity contribution in [3.8, 4) is 0 Å². The summed E-state index contributed by atoms with van der Waals surface area (Å²) in [5.41, 5.74) is 1.44. The number of benzene rings is 1. The van der Waals surface area contributed by atoms with E-state index in [0.29, 0.717) is 5.69 Å². The number of halogens is 1. The topological polar surface area (TPSA) is 70.2 Å². The van der Waals surface area contributed by atoms with Gasteiger partial charge in [0.05, 0.1) is 6.54 Å². The van der Waals surface area contributed by atoms with E-state index < -0.39 is 6.03 Å². The number of hydrogen-bond acceptors (Lipinski definition) is 2. The molecule has 0 aromatic heterocycles. The minimum atomic E-state index is -0.412. The second kappa shape index (κ2) is 6.74. The number of carbonyl (C=O) groups is 2. The predicted molar refractivity (Wildman–Crippen MR) is 83.8 cm³/mol. The van der Waals surface area contributed by atoms with Crippen molar-refractivity contribution >= 4 is 33.6 Å². The van der Waals surface area contributed by atoms with Gasteiger partial charge in [-0.15, -0.1) is 0 Å². The third-order valence-corrected chi connectivity index (χ3v) is 3.21. The van der Waals surface area contributed by atoms with Gasteiger partial charge in [0.15, 0.2) is 0 Å². The number of hydrogen-bond donors (Lipinski definition) is 3. The lowest BCUT2D eigenvalue weighted by Gasteiger charge is -2.20. The molecule has 0 unspecified atom stereocenters. The first kappa shape index (κ1) is 16.5. The molecule has 5 nitrogen and oxygen atoms in total. The third kappa shape index (κ3) is 6.06. The van der Waals surface area contributed by atoms with Crippen LogP contribution in [0.2, 0.25) is 0 Å². The lowest BCUT2D eigenvalue weighted by Crippen LogP contribution is -2.46. The van der Waals surface area contributed by atoms with E-state index in [2.05, 4.69) is 31.9 Å². The highest BCUT2D eigenvalue weighted by atomic mass is 79.9. The summed E-state index contributed by atoms with van der Waals surface area (Å²) in [6.07, 6.45) is 0. The van der Waals surface area contributed by atoms with Gasteiger partial charge in [0, 0.05) is 15.7 Å². The first-order valence-electron chi connectivity index (χ1n) is 6.29. The molecule has 0 radical (unpaired) electrons. The van der Waals surface area contributed by atoms with Crippen LogP contribution in [0, 0.1) is 6.92 Å². The molecule has 0 bridgehead atoms. The number of rotatable bonds is 3. The van der Waals surface area contributed by atoms with Crippen molar-refractivity contribution in [1.82, 2.24) is 10.6 Å². The van der Waals surface area contributed by atoms with Gasteiger partial charge in [-0.2, -0.15) is 0 Å². The Bertz CT molecular complexity index is 510. The number of amides is 3. The largest absolute Gasteiger partial charge is 0.350 e. The highest BCUT2D eigenvalue weighted by Gasteiger charge is 2.14. The van der Waals surface area contributed by atoms with Crippen LogP contribution in [0.25, 0.3) is 0 Å². The Morgan fingerprint density at radius 2 is 1.90 bits per heavy atom. The van der Waals surface area contributed by atoms with Gasteiger partial charge < -0.3 is 16.0 Å². The van der Waals surface area contributed by atoms with Gasteiger partial charge >= 0.3 is 6.03 Å². The van der Waals surface area contributed by atoms with Crippen LogP contribution in [0.3, 0.4) is 0 Å². The number of nitrogens with one attached hydrogen (secondary N) is 3. The van der Waals surface area contributed by atoms with E-state index in [1.165, 1.54) is 0 Å². The maximum absolute atomic E-state index is 11.7. The van der Waals surface area contributed by atoms with Crippen molar-refractivity contribution in [3.63, 3.8) is 0 Å². The van der Waals surface area contributed by atoms with E-state index in [-0.39, 0.29) is 18.0 Å². The Balaban J connectivity index is 2.44. The fourth-order valence-corrected chi connectivity index (χ4v) is 1.85. The molecule has 0 heterocycles. The van der Waals surface area contributed by atoms with Crippen LogP contribution in [0.15, 0.2) is 22.7 Å². The highest BCUT2D eigenvalue weighted by Crippen LogP contribution is 2.20. The lowest BCUT2D eigenvalue weighted by molar-refractivity contribution is -0.121. The molecule has 0 aliphatic rings. The summed E-state index contributed by atoms with van der Waals surface area (Å²) in [6.45, 7) is 7.55. The minimum absolute atomic E-state index is 0.0594. The molecule has 0 aliphatic carbocycles. The summed E-state index contributed by atoms with van der Waals surface area (Å²) in [5.74, 6) is -0.224. The first-order valence-corrected chi connectivity index (χ1v) is 7.09. The number of urea groups is 1. The zero-order chi connectivity index (χ0) is 15.3. The monoisotopic (exact) mass is 341 g/mol. The van der Waals surface area contributed by atoms with Gasteiger partial charge in [0.1, 0.15) is 0 Å². The molecule has 0 saturated carbocycles. The molecule has 3 N–H and O–H groups in total. The summed E-state index contributed by atoms with van der Waals surface area (Å²) in [5, 5.41) is 7.94. The number of aryl methyl sites for hydroxylation is 1. The molecule has 0 saturated heterocycles. The normalized spacial score (nSPS) is 10.8. The second-order valence-corrected chi connectivity index (χ2v) is 6.42. The molecule has 110 valence electrons. The fraction of sp³-hybridized carbons (Fsp3) is 0.429. The Morgan fingerprint density at radius 3 is 2.45 bits per heavy atom. The van der Waals surface area contributed by atoms with Crippen LogP contribution in [0.5, 0.6) is 0 Å². The van der Waals surface area contributed by atoms with Crippen molar-refractivity contribution in [2.45, 2.75) is 33.2 Å². The SMILES string of the molecule is Cc1ccc(NC(=O)NCC(=O)NC(C)(C)C)cc1Br. The molecule has 0 fully saturated rings. The summed E-state index contributed by atoms with van der Waals surface area (Å²) >= 11 is 3.40. The number of anilines is 1. The van der Waals surface area contributed by atoms with E-state index in [4.69, 9.17) is 0 Å². The summed E-state index contributed by atoms with van der Waals surface area (Å²) in [6, 6.07) is 5.09. The molecule has 0 spiro atoms. The summed E-state index contributed by atoms with van der Waals surface area (Å²) in [7, 11) is 0. The Kier molecular flexibility index (Phi) is 5.56. The molecule has 1 rings (SSSR count). The zero-order valence-corrected chi connectivity index (χ0v) is 13.7. The fourth-order valence-electron chi connectivity index (χ4n) is 1.47. The van der Waals surface area contributed by atoms with Crippen molar-refractivity contribution in [1.29, 1.82) is 0 Å². The molecular formula is C14H20BrN3O2. The number of carbonyl (C=O) groups excluding carboxylic acids is 2. The maximum atomic E-state index is 11.7. The Morgan fingerprint density at radius 1 is 1.25 bits per heavy atom. The molecule has 20 heavy (non-hydrogen) atoms. The van der Waals surface area contributed by atoms with Crippen LogP contribution in [0.4, 0.5) is 10.5 Å². The molecule has 0 atom stereocenters. The van der Waals surface area contributed by atoms with Crippen molar-refractivity contribution < 1.29 is 9.59 Å². The lowest BCUT2D eigenvalue weighted by atomic mass is 10.1. The first-order chi connectivity index (χ1) is 9.17. The van der Waals surface area contributed by atoms with Crippen molar-refractivity contribution in [2.75, 3.05) is 11.9 Å². The maximum Gasteiger partial charge on any atom is 0.319 e. The average molecular weight is 342 g/mol. The molecule has 3 amide bonds. The second-order valence-electron chi connectivity index (χ2n) is 5.57. The van der Waals surface area contributed by atoms with Crippen LogP contribution in [0.1, 0.15) is 26.3 Å². The average Bonchev–Trinajstić information content (AvgIpc) is 2.29. The quantitative estimate of drug-likeness (QED) is 0.791. The smallest absolute Gasteiger partial charge is 0.319 e. The standard InChI is InChI=1S/C14H20BrN3O2/c1-9-5-6-10(7-11(9)15)17-13(20)16-8-12(19)18-14(2,3)4/h5-7H,8H2,1-4H3,(H,18,19)(H2,16,17,20). The van der Waals surface area contributed by atoms with Gasteiger partial charge in [-0.25, -0.2) is 4.79 Å². The minimum Gasteiger partial charge on any atom is -0.350 e. The van der Waals surface area contributed by atoms with E-state index >= 15 is 0 Å². The van der Waals surface area contributed by atoms with E-state index in [1.807, 2.05) is 39.8 Å². The van der Waals surface area contributed by atoms with Gasteiger partial charge in [-0.05, 0) is 45.4 Å². The van der Waals surface area contributed by atoms with Crippen LogP contribution >= 0.6 is 15.9 Å². The zero-order valence-electron chi connectivity index (χ0n) is 12.1. The van der Waals surface area contributed by atoms with Crippen LogP contribution in [-0.2, 0) is 4.79 Å².